The number of hydrogen-bond acceptors (Lipinski definition) is 5. The highest BCUT2D eigenvalue weighted by Gasteiger charge is 2.13. The highest BCUT2D eigenvalue weighted by Crippen LogP contribution is 2.25. The number of nitriles is 1. The fourth-order valence-corrected chi connectivity index (χ4v) is 1.97. The maximum Gasteiger partial charge on any atom is 0.272 e. The van der Waals surface area contributed by atoms with Crippen LogP contribution in [-0.2, 0) is 0 Å². The van der Waals surface area contributed by atoms with Gasteiger partial charge in [0.05, 0.1) is 16.2 Å². The molecule has 104 valence electrons. The summed E-state index contributed by atoms with van der Waals surface area (Å²) in [6.07, 6.45) is 3.14. The van der Waals surface area contributed by atoms with Gasteiger partial charge in [0.15, 0.2) is 0 Å². The van der Waals surface area contributed by atoms with Crippen LogP contribution in [0.3, 0.4) is 0 Å². The molecule has 0 radical (unpaired) electrons. The molecule has 0 aliphatic carbocycles. The summed E-state index contributed by atoms with van der Waals surface area (Å²) in [5, 5.41) is 20.1. The SMILES string of the molecule is Cc1cc(/C(N)=C(/C#N)c2ccncc2)ccc1[N+](=O)[O-]. The molecule has 1 aromatic heterocycles. The van der Waals surface area contributed by atoms with Crippen molar-refractivity contribution in [2.45, 2.75) is 6.92 Å². The van der Waals surface area contributed by atoms with E-state index in [4.69, 9.17) is 5.73 Å². The van der Waals surface area contributed by atoms with Crippen LogP contribution in [-0.4, -0.2) is 9.91 Å². The Morgan fingerprint density at radius 1 is 1.29 bits per heavy atom. The molecule has 2 rings (SSSR count). The lowest BCUT2D eigenvalue weighted by Crippen LogP contribution is -2.02. The highest BCUT2D eigenvalue weighted by atomic mass is 16.6. The summed E-state index contributed by atoms with van der Waals surface area (Å²) in [7, 11) is 0. The van der Waals surface area contributed by atoms with Crippen molar-refractivity contribution in [3.8, 4) is 6.07 Å². The largest absolute Gasteiger partial charge is 0.397 e. The lowest BCUT2D eigenvalue weighted by atomic mass is 10.00. The molecule has 0 aliphatic rings. The zero-order valence-corrected chi connectivity index (χ0v) is 11.3. The average molecular weight is 280 g/mol. The van der Waals surface area contributed by atoms with Crippen molar-refractivity contribution in [2.24, 2.45) is 5.73 Å². The van der Waals surface area contributed by atoms with Crippen LogP contribution in [0.4, 0.5) is 5.69 Å². The Labute approximate surface area is 121 Å². The van der Waals surface area contributed by atoms with E-state index in [0.29, 0.717) is 22.3 Å². The van der Waals surface area contributed by atoms with Gasteiger partial charge in [0.1, 0.15) is 6.07 Å². The summed E-state index contributed by atoms with van der Waals surface area (Å²) >= 11 is 0. The second-order valence-corrected chi connectivity index (χ2v) is 4.39. The van der Waals surface area contributed by atoms with Gasteiger partial charge in [-0.2, -0.15) is 5.26 Å². The minimum absolute atomic E-state index is 0.0222. The Kier molecular flexibility index (Phi) is 3.95. The maximum atomic E-state index is 10.8. The van der Waals surface area contributed by atoms with E-state index < -0.39 is 4.92 Å². The quantitative estimate of drug-likeness (QED) is 0.528. The van der Waals surface area contributed by atoms with E-state index in [0.717, 1.165) is 0 Å². The number of allylic oxidation sites excluding steroid dienone is 1. The molecule has 6 nitrogen and oxygen atoms in total. The predicted octanol–water partition coefficient (Wildman–Crippen LogP) is 2.65. The van der Waals surface area contributed by atoms with E-state index in [1.807, 2.05) is 0 Å². The van der Waals surface area contributed by atoms with Crippen molar-refractivity contribution in [1.29, 1.82) is 5.26 Å². The molecule has 0 unspecified atom stereocenters. The number of hydrogen-bond donors (Lipinski definition) is 1. The first-order chi connectivity index (χ1) is 10.0. The minimum Gasteiger partial charge on any atom is -0.397 e. The zero-order valence-electron chi connectivity index (χ0n) is 11.3. The van der Waals surface area contributed by atoms with E-state index in [2.05, 4.69) is 11.1 Å². The maximum absolute atomic E-state index is 10.8. The normalized spacial score (nSPS) is 11.4. The smallest absolute Gasteiger partial charge is 0.272 e. The minimum atomic E-state index is -0.451. The van der Waals surface area contributed by atoms with E-state index in [1.54, 1.807) is 43.6 Å². The van der Waals surface area contributed by atoms with E-state index in [1.165, 1.54) is 6.07 Å². The van der Waals surface area contributed by atoms with Crippen LogP contribution >= 0.6 is 0 Å². The molecule has 21 heavy (non-hydrogen) atoms. The predicted molar refractivity (Wildman–Crippen MR) is 78.7 cm³/mol. The monoisotopic (exact) mass is 280 g/mol. The molecule has 0 aliphatic heterocycles. The molecule has 0 bridgehead atoms. The van der Waals surface area contributed by atoms with Crippen molar-refractivity contribution >= 4 is 17.0 Å². The lowest BCUT2D eigenvalue weighted by molar-refractivity contribution is -0.385. The first-order valence-corrected chi connectivity index (χ1v) is 6.10. The van der Waals surface area contributed by atoms with Crippen LogP contribution in [0, 0.1) is 28.4 Å². The molecule has 0 fully saturated rings. The van der Waals surface area contributed by atoms with Gasteiger partial charge in [-0.15, -0.1) is 0 Å². The second kappa shape index (κ2) is 5.84. The second-order valence-electron chi connectivity index (χ2n) is 4.39. The first kappa shape index (κ1) is 14.2. The number of rotatable bonds is 3. The van der Waals surface area contributed by atoms with Crippen molar-refractivity contribution in [3.63, 3.8) is 0 Å². The number of nitrogens with zero attached hydrogens (tertiary/aromatic N) is 3. The first-order valence-electron chi connectivity index (χ1n) is 6.10. The molecule has 6 heteroatoms. The van der Waals surface area contributed by atoms with Gasteiger partial charge >= 0.3 is 0 Å². The number of aryl methyl sites for hydroxylation is 1. The third-order valence-corrected chi connectivity index (χ3v) is 3.05. The molecule has 0 atom stereocenters. The van der Waals surface area contributed by atoms with Crippen LogP contribution in [0.2, 0.25) is 0 Å². The molecule has 1 heterocycles. The third kappa shape index (κ3) is 2.87. The van der Waals surface area contributed by atoms with Gasteiger partial charge in [-0.3, -0.25) is 15.1 Å². The van der Waals surface area contributed by atoms with Crippen LogP contribution in [0.1, 0.15) is 16.7 Å². The van der Waals surface area contributed by atoms with Crippen LogP contribution in [0.15, 0.2) is 42.7 Å². The fourth-order valence-electron chi connectivity index (χ4n) is 1.97. The molecule has 2 aromatic rings. The molecular formula is C15H12N4O2. The van der Waals surface area contributed by atoms with Crippen LogP contribution in [0.5, 0.6) is 0 Å². The topological polar surface area (TPSA) is 106 Å². The van der Waals surface area contributed by atoms with Gasteiger partial charge in [-0.05, 0) is 42.3 Å². The van der Waals surface area contributed by atoms with Crippen molar-refractivity contribution in [3.05, 3.63) is 69.5 Å². The van der Waals surface area contributed by atoms with Crippen molar-refractivity contribution in [2.75, 3.05) is 0 Å². The number of pyridine rings is 1. The van der Waals surface area contributed by atoms with Gasteiger partial charge in [0.25, 0.3) is 5.69 Å². The summed E-state index contributed by atoms with van der Waals surface area (Å²) in [4.78, 5) is 14.3. The molecule has 0 amide bonds. The Hall–Kier alpha value is -3.20. The van der Waals surface area contributed by atoms with Crippen LogP contribution < -0.4 is 5.73 Å². The van der Waals surface area contributed by atoms with Crippen molar-refractivity contribution < 1.29 is 4.92 Å². The Bertz CT molecular complexity index is 761. The Morgan fingerprint density at radius 2 is 1.95 bits per heavy atom. The molecule has 0 saturated carbocycles. The number of nitro groups is 1. The van der Waals surface area contributed by atoms with Crippen molar-refractivity contribution in [1.82, 2.24) is 4.98 Å². The number of aromatic nitrogens is 1. The average Bonchev–Trinajstić information content (AvgIpc) is 2.48. The van der Waals surface area contributed by atoms with Gasteiger partial charge in [0, 0.05) is 24.0 Å². The summed E-state index contributed by atoms with van der Waals surface area (Å²) in [6.45, 7) is 1.63. The highest BCUT2D eigenvalue weighted by molar-refractivity contribution is 5.96. The van der Waals surface area contributed by atoms with Gasteiger partial charge in [-0.25, -0.2) is 0 Å². The number of benzene rings is 1. The van der Waals surface area contributed by atoms with Gasteiger partial charge < -0.3 is 5.73 Å². The molecular weight excluding hydrogens is 268 g/mol. The van der Waals surface area contributed by atoms with Gasteiger partial charge in [-0.1, -0.05) is 0 Å². The molecule has 0 saturated heterocycles. The summed E-state index contributed by atoms with van der Waals surface area (Å²) < 4.78 is 0. The van der Waals surface area contributed by atoms with E-state index >= 15 is 0 Å². The van der Waals surface area contributed by atoms with E-state index in [-0.39, 0.29) is 11.4 Å². The third-order valence-electron chi connectivity index (χ3n) is 3.05. The fraction of sp³-hybridized carbons (Fsp3) is 0.0667. The summed E-state index contributed by atoms with van der Waals surface area (Å²) in [5.41, 5.74) is 8.38. The Balaban J connectivity index is 2.54. The van der Waals surface area contributed by atoms with Gasteiger partial charge in [0.2, 0.25) is 0 Å². The molecule has 2 N–H and O–H groups in total. The standard InChI is InChI=1S/C15H12N4O2/c1-10-8-12(2-3-14(10)19(20)21)15(17)13(9-16)11-4-6-18-7-5-11/h2-8H,17H2,1H3/b15-13+. The lowest BCUT2D eigenvalue weighted by Gasteiger charge is -2.07. The number of nitrogens with two attached hydrogens (primary N) is 1. The number of nitro benzene ring substituents is 1. The summed E-state index contributed by atoms with van der Waals surface area (Å²) in [6, 6.07) is 9.97. The zero-order chi connectivity index (χ0) is 15.4. The molecule has 0 spiro atoms. The Morgan fingerprint density at radius 3 is 2.48 bits per heavy atom. The summed E-state index contributed by atoms with van der Waals surface area (Å²) in [5.74, 6) is 0. The van der Waals surface area contributed by atoms with E-state index in [9.17, 15) is 15.4 Å². The molecule has 1 aromatic carbocycles. The van der Waals surface area contributed by atoms with Crippen LogP contribution in [0.25, 0.3) is 11.3 Å².